The molecule has 0 saturated carbocycles. The average Bonchev–Trinajstić information content (AvgIpc) is 3.28. The number of carbonyl (C=O) groups is 2. The van der Waals surface area contributed by atoms with Gasteiger partial charge in [-0.1, -0.05) is 24.3 Å². The molecule has 2 saturated heterocycles. The standard InChI is InChI=1S/C28H30N4O3/c1-20-6-2-10-24(14-20)35-26-17-29-16-25(30-26)23-9-4-13-32(19-23)28(34)22-8-3-7-21(15-22)18-31-12-5-11-27(31)33/h2-3,6-8,10,14-17,23H,4-5,9,11-13,18-19H2,1H3. The molecule has 7 nitrogen and oxygen atoms in total. The Balaban J connectivity index is 1.26. The van der Waals surface area contributed by atoms with E-state index in [-0.39, 0.29) is 17.7 Å². The molecule has 0 spiro atoms. The molecule has 5 rings (SSSR count). The summed E-state index contributed by atoms with van der Waals surface area (Å²) in [6, 6.07) is 15.5. The van der Waals surface area contributed by atoms with Crippen molar-refractivity contribution in [3.05, 3.63) is 83.3 Å². The molecule has 2 fully saturated rings. The Morgan fingerprint density at radius 1 is 1.09 bits per heavy atom. The summed E-state index contributed by atoms with van der Waals surface area (Å²) in [5.41, 5.74) is 3.61. The summed E-state index contributed by atoms with van der Waals surface area (Å²) in [6.07, 6.45) is 6.77. The molecule has 2 aromatic carbocycles. The highest BCUT2D eigenvalue weighted by Crippen LogP contribution is 2.28. The lowest BCUT2D eigenvalue weighted by molar-refractivity contribution is -0.128. The maximum Gasteiger partial charge on any atom is 0.253 e. The normalized spacial score (nSPS) is 18.1. The minimum absolute atomic E-state index is 0.0180. The second-order valence-corrected chi connectivity index (χ2v) is 9.41. The number of aryl methyl sites for hydroxylation is 1. The Morgan fingerprint density at radius 3 is 2.80 bits per heavy atom. The van der Waals surface area contributed by atoms with Crippen LogP contribution in [0.1, 0.15) is 58.8 Å². The average molecular weight is 471 g/mol. The number of benzene rings is 2. The number of ether oxygens (including phenoxy) is 1. The van der Waals surface area contributed by atoms with Gasteiger partial charge in [0.15, 0.2) is 0 Å². The molecule has 1 unspecified atom stereocenters. The van der Waals surface area contributed by atoms with Gasteiger partial charge < -0.3 is 14.5 Å². The van der Waals surface area contributed by atoms with Crippen LogP contribution in [0.2, 0.25) is 0 Å². The van der Waals surface area contributed by atoms with Crippen molar-refractivity contribution in [2.45, 2.75) is 45.1 Å². The molecular formula is C28H30N4O3. The quantitative estimate of drug-likeness (QED) is 0.521. The third kappa shape index (κ3) is 5.50. The first kappa shape index (κ1) is 23.0. The van der Waals surface area contributed by atoms with Gasteiger partial charge in [-0.25, -0.2) is 4.98 Å². The number of carbonyl (C=O) groups excluding carboxylic acids is 2. The van der Waals surface area contributed by atoms with Gasteiger partial charge in [0.2, 0.25) is 11.8 Å². The highest BCUT2D eigenvalue weighted by molar-refractivity contribution is 5.94. The molecule has 2 aliphatic rings. The van der Waals surface area contributed by atoms with E-state index in [0.29, 0.717) is 31.0 Å². The van der Waals surface area contributed by atoms with Gasteiger partial charge in [-0.3, -0.25) is 14.6 Å². The lowest BCUT2D eigenvalue weighted by Gasteiger charge is -2.32. The molecule has 2 aliphatic heterocycles. The van der Waals surface area contributed by atoms with Crippen LogP contribution in [0.5, 0.6) is 11.6 Å². The lowest BCUT2D eigenvalue weighted by Crippen LogP contribution is -2.39. The Bertz CT molecular complexity index is 1230. The summed E-state index contributed by atoms with van der Waals surface area (Å²) in [4.78, 5) is 38.2. The molecule has 180 valence electrons. The van der Waals surface area contributed by atoms with E-state index in [1.165, 1.54) is 0 Å². The van der Waals surface area contributed by atoms with Gasteiger partial charge in [0.1, 0.15) is 5.75 Å². The Kier molecular flexibility index (Phi) is 6.75. The second kappa shape index (κ2) is 10.3. The van der Waals surface area contributed by atoms with Gasteiger partial charge >= 0.3 is 0 Å². The van der Waals surface area contributed by atoms with E-state index in [9.17, 15) is 9.59 Å². The maximum atomic E-state index is 13.4. The molecular weight excluding hydrogens is 440 g/mol. The largest absolute Gasteiger partial charge is 0.437 e. The van der Waals surface area contributed by atoms with Crippen LogP contribution in [-0.2, 0) is 11.3 Å². The van der Waals surface area contributed by atoms with Crippen LogP contribution in [0, 0.1) is 6.92 Å². The fourth-order valence-electron chi connectivity index (χ4n) is 4.89. The smallest absolute Gasteiger partial charge is 0.253 e. The van der Waals surface area contributed by atoms with E-state index < -0.39 is 0 Å². The van der Waals surface area contributed by atoms with Crippen molar-refractivity contribution in [2.75, 3.05) is 19.6 Å². The lowest BCUT2D eigenvalue weighted by atomic mass is 9.94. The fourth-order valence-corrected chi connectivity index (χ4v) is 4.89. The topological polar surface area (TPSA) is 75.6 Å². The Labute approximate surface area is 205 Å². The number of nitrogens with zero attached hydrogens (tertiary/aromatic N) is 4. The minimum Gasteiger partial charge on any atom is -0.437 e. The van der Waals surface area contributed by atoms with Crippen molar-refractivity contribution in [1.29, 1.82) is 0 Å². The molecule has 35 heavy (non-hydrogen) atoms. The van der Waals surface area contributed by atoms with Crippen LogP contribution < -0.4 is 4.74 Å². The first-order chi connectivity index (χ1) is 17.0. The summed E-state index contributed by atoms with van der Waals surface area (Å²) in [6.45, 7) is 4.68. The fraction of sp³-hybridized carbons (Fsp3) is 0.357. The molecule has 0 radical (unpaired) electrons. The molecule has 0 bridgehead atoms. The van der Waals surface area contributed by atoms with Crippen molar-refractivity contribution >= 4 is 11.8 Å². The number of likely N-dealkylation sites (tertiary alicyclic amines) is 2. The first-order valence-electron chi connectivity index (χ1n) is 12.3. The highest BCUT2D eigenvalue weighted by Gasteiger charge is 2.27. The highest BCUT2D eigenvalue weighted by atomic mass is 16.5. The predicted molar refractivity (Wildman–Crippen MR) is 132 cm³/mol. The summed E-state index contributed by atoms with van der Waals surface area (Å²) in [5.74, 6) is 1.50. The molecule has 1 aromatic heterocycles. The van der Waals surface area contributed by atoms with E-state index >= 15 is 0 Å². The van der Waals surface area contributed by atoms with E-state index in [2.05, 4.69) is 4.98 Å². The van der Waals surface area contributed by atoms with Crippen LogP contribution in [0.15, 0.2) is 60.9 Å². The van der Waals surface area contributed by atoms with E-state index in [0.717, 1.165) is 54.9 Å². The van der Waals surface area contributed by atoms with Gasteiger partial charge in [0.25, 0.3) is 5.91 Å². The molecule has 3 heterocycles. The zero-order chi connectivity index (χ0) is 24.2. The Morgan fingerprint density at radius 2 is 1.97 bits per heavy atom. The van der Waals surface area contributed by atoms with E-state index in [1.807, 2.05) is 65.3 Å². The van der Waals surface area contributed by atoms with E-state index in [1.54, 1.807) is 12.4 Å². The van der Waals surface area contributed by atoms with Gasteiger partial charge in [-0.15, -0.1) is 0 Å². The molecule has 2 amide bonds. The molecule has 0 N–H and O–H groups in total. The first-order valence-corrected chi connectivity index (χ1v) is 12.3. The molecule has 1 atom stereocenters. The summed E-state index contributed by atoms with van der Waals surface area (Å²) >= 11 is 0. The third-order valence-corrected chi connectivity index (χ3v) is 6.69. The minimum atomic E-state index is 0.0180. The van der Waals surface area contributed by atoms with Gasteiger partial charge in [-0.05, 0) is 61.6 Å². The van der Waals surface area contributed by atoms with Gasteiger partial charge in [0, 0.05) is 50.3 Å². The van der Waals surface area contributed by atoms with E-state index in [4.69, 9.17) is 9.72 Å². The van der Waals surface area contributed by atoms with Crippen molar-refractivity contribution in [3.8, 4) is 11.6 Å². The number of hydrogen-bond donors (Lipinski definition) is 0. The third-order valence-electron chi connectivity index (χ3n) is 6.69. The van der Waals surface area contributed by atoms with Crippen LogP contribution in [0.25, 0.3) is 0 Å². The summed E-state index contributed by atoms with van der Waals surface area (Å²) in [7, 11) is 0. The number of aromatic nitrogens is 2. The van der Waals surface area contributed by atoms with Crippen molar-refractivity contribution < 1.29 is 14.3 Å². The summed E-state index contributed by atoms with van der Waals surface area (Å²) < 4.78 is 5.93. The van der Waals surface area contributed by atoms with Gasteiger partial charge in [0.05, 0.1) is 11.9 Å². The number of hydrogen-bond acceptors (Lipinski definition) is 5. The van der Waals surface area contributed by atoms with Crippen LogP contribution >= 0.6 is 0 Å². The Hall–Kier alpha value is -3.74. The number of amides is 2. The second-order valence-electron chi connectivity index (χ2n) is 9.41. The van der Waals surface area contributed by atoms with Crippen molar-refractivity contribution in [3.63, 3.8) is 0 Å². The summed E-state index contributed by atoms with van der Waals surface area (Å²) in [5, 5.41) is 0. The molecule has 0 aliphatic carbocycles. The van der Waals surface area contributed by atoms with Crippen molar-refractivity contribution in [1.82, 2.24) is 19.8 Å². The number of piperidine rings is 1. The SMILES string of the molecule is Cc1cccc(Oc2cncc(C3CCCN(C(=O)c4cccc(CN5CCCC5=O)c4)C3)n2)c1. The maximum absolute atomic E-state index is 13.4. The van der Waals surface area contributed by atoms with Crippen LogP contribution in [-0.4, -0.2) is 51.2 Å². The molecule has 3 aromatic rings. The van der Waals surface area contributed by atoms with Crippen LogP contribution in [0.3, 0.4) is 0 Å². The van der Waals surface area contributed by atoms with Crippen molar-refractivity contribution in [2.24, 2.45) is 0 Å². The zero-order valence-corrected chi connectivity index (χ0v) is 20.0. The monoisotopic (exact) mass is 470 g/mol. The number of rotatable bonds is 6. The van der Waals surface area contributed by atoms with Gasteiger partial charge in [-0.2, -0.15) is 0 Å². The van der Waals surface area contributed by atoms with Crippen LogP contribution in [0.4, 0.5) is 0 Å². The molecule has 7 heteroatoms. The zero-order valence-electron chi connectivity index (χ0n) is 20.0. The predicted octanol–water partition coefficient (Wildman–Crippen LogP) is 4.72.